The molecule has 17 nitrogen and oxygen atoms in total. The van der Waals surface area contributed by atoms with Crippen LogP contribution in [0.1, 0.15) is 88.1 Å². The number of likely N-dealkylation sites (tertiary alicyclic amines) is 1. The van der Waals surface area contributed by atoms with E-state index in [2.05, 4.69) is 46.3 Å². The summed E-state index contributed by atoms with van der Waals surface area (Å²) in [5, 5.41) is 23.7. The summed E-state index contributed by atoms with van der Waals surface area (Å²) in [5.41, 5.74) is 9.15. The molecule has 2 aromatic carbocycles. The van der Waals surface area contributed by atoms with Gasteiger partial charge in [-0.3, -0.25) is 24.6 Å². The van der Waals surface area contributed by atoms with Crippen molar-refractivity contribution in [2.75, 3.05) is 56.3 Å². The van der Waals surface area contributed by atoms with Crippen molar-refractivity contribution in [2.24, 2.45) is 10.5 Å². The first-order chi connectivity index (χ1) is 31.7. The summed E-state index contributed by atoms with van der Waals surface area (Å²) in [6.07, 6.45) is 4.24. The van der Waals surface area contributed by atoms with E-state index >= 15 is 0 Å². The quantitative estimate of drug-likeness (QED) is 0.0418. The number of aliphatic hydroxyl groups is 1. The summed E-state index contributed by atoms with van der Waals surface area (Å²) in [5.74, 6) is 0.0418. The fourth-order valence-electron chi connectivity index (χ4n) is 7.77. The number of morpholine rings is 1. The van der Waals surface area contributed by atoms with Gasteiger partial charge in [-0.2, -0.15) is 15.1 Å². The molecule has 6 rings (SSSR count). The first-order valence-electron chi connectivity index (χ1n) is 22.8. The average Bonchev–Trinajstić information content (AvgIpc) is 3.92. The second kappa shape index (κ2) is 24.0. The van der Waals surface area contributed by atoms with E-state index in [-0.39, 0.29) is 62.8 Å². The van der Waals surface area contributed by atoms with E-state index in [1.807, 2.05) is 94.7 Å². The number of ether oxygens (including phenoxy) is 2. The van der Waals surface area contributed by atoms with Crippen LogP contribution in [-0.4, -0.2) is 119 Å². The van der Waals surface area contributed by atoms with Gasteiger partial charge in [-0.1, -0.05) is 87.7 Å². The summed E-state index contributed by atoms with van der Waals surface area (Å²) >= 11 is 1.58. The molecule has 3 atom stereocenters. The molecule has 0 spiro atoms. The summed E-state index contributed by atoms with van der Waals surface area (Å²) < 4.78 is 11.4. The Hall–Kier alpha value is -5.98. The highest BCUT2D eigenvalue weighted by Crippen LogP contribution is 2.29. The van der Waals surface area contributed by atoms with Gasteiger partial charge in [0.2, 0.25) is 23.6 Å². The number of hydrazone groups is 1. The van der Waals surface area contributed by atoms with Gasteiger partial charge in [0.25, 0.3) is 0 Å². The highest BCUT2D eigenvalue weighted by molar-refractivity contribution is 7.13. The average molecular weight is 925 g/mol. The molecule has 4 aromatic rings. The minimum absolute atomic E-state index is 0.00467. The Morgan fingerprint density at radius 2 is 1.71 bits per heavy atom. The number of amides is 4. The van der Waals surface area contributed by atoms with Crippen LogP contribution in [0.5, 0.6) is 6.01 Å². The van der Waals surface area contributed by atoms with Crippen LogP contribution in [0.3, 0.4) is 0 Å². The minimum Gasteiger partial charge on any atom is -0.461 e. The number of hydrogen-bond donors (Lipinski definition) is 5. The van der Waals surface area contributed by atoms with Gasteiger partial charge in [0.1, 0.15) is 24.5 Å². The maximum atomic E-state index is 14.0. The summed E-state index contributed by atoms with van der Waals surface area (Å²) in [6, 6.07) is 16.1. The number of thiazole rings is 1. The predicted octanol–water partition coefficient (Wildman–Crippen LogP) is 5.14. The molecule has 5 N–H and O–H groups in total. The molecule has 2 aliphatic rings. The number of nitrogens with one attached hydrogen (secondary N) is 4. The van der Waals surface area contributed by atoms with Gasteiger partial charge in [-0.05, 0) is 48.8 Å². The van der Waals surface area contributed by atoms with E-state index in [0.29, 0.717) is 57.2 Å². The third-order valence-electron chi connectivity index (χ3n) is 11.4. The van der Waals surface area contributed by atoms with E-state index in [1.54, 1.807) is 17.6 Å². The Bertz CT molecular complexity index is 2280. The summed E-state index contributed by atoms with van der Waals surface area (Å²) in [6.45, 7) is 12.9. The van der Waals surface area contributed by atoms with Crippen LogP contribution in [0, 0.1) is 19.3 Å². The molecule has 2 aliphatic heterocycles. The van der Waals surface area contributed by atoms with Crippen LogP contribution in [0.4, 0.5) is 11.6 Å². The van der Waals surface area contributed by atoms with E-state index in [4.69, 9.17) is 9.47 Å². The first kappa shape index (κ1) is 49.5. The second-order valence-electron chi connectivity index (χ2n) is 17.8. The van der Waals surface area contributed by atoms with Crippen molar-refractivity contribution in [3.63, 3.8) is 0 Å². The number of aromatic nitrogens is 3. The molecule has 4 amide bonds. The SMILES string of the molecule is Cc1cccc(/C=N/Nc2cc(N3CCOCC3)nc(OCCNC(=O)CCCCCCC(=O)N[C@H](C(=O)N3C[C@H](O)C[C@H]3C(=O)NCc3ccc(-c4scnc4C)cc3)C(C)(C)C)n2)c1. The zero-order valence-corrected chi connectivity index (χ0v) is 39.5. The smallest absolute Gasteiger partial charge is 0.320 e. The number of carbonyl (C=O) groups is 4. The molecule has 2 saturated heterocycles. The maximum absolute atomic E-state index is 14.0. The molecule has 0 aliphatic carbocycles. The van der Waals surface area contributed by atoms with Gasteiger partial charge in [0.15, 0.2) is 5.82 Å². The lowest BCUT2D eigenvalue weighted by atomic mass is 9.85. The van der Waals surface area contributed by atoms with Crippen LogP contribution >= 0.6 is 11.3 Å². The zero-order valence-electron chi connectivity index (χ0n) is 38.7. The number of aryl methyl sites for hydroxylation is 2. The maximum Gasteiger partial charge on any atom is 0.320 e. The fraction of sp³-hybridized carbons (Fsp3) is 0.500. The second-order valence-corrected chi connectivity index (χ2v) is 18.7. The lowest BCUT2D eigenvalue weighted by molar-refractivity contribution is -0.144. The molecule has 2 fully saturated rings. The monoisotopic (exact) mass is 924 g/mol. The number of unbranched alkanes of at least 4 members (excludes halogenated alkanes) is 3. The molecule has 66 heavy (non-hydrogen) atoms. The van der Waals surface area contributed by atoms with Crippen LogP contribution < -0.4 is 31.0 Å². The number of anilines is 2. The van der Waals surface area contributed by atoms with Crippen LogP contribution in [-0.2, 0) is 30.5 Å². The fourth-order valence-corrected chi connectivity index (χ4v) is 8.58. The van der Waals surface area contributed by atoms with Gasteiger partial charge in [0, 0.05) is 51.5 Å². The first-order valence-corrected chi connectivity index (χ1v) is 23.6. The van der Waals surface area contributed by atoms with E-state index < -0.39 is 29.5 Å². The van der Waals surface area contributed by atoms with Crippen molar-refractivity contribution < 1.29 is 33.8 Å². The number of rotatable bonds is 21. The highest BCUT2D eigenvalue weighted by Gasteiger charge is 2.44. The van der Waals surface area contributed by atoms with Gasteiger partial charge >= 0.3 is 6.01 Å². The molecule has 0 radical (unpaired) electrons. The topological polar surface area (TPSA) is 213 Å². The van der Waals surface area contributed by atoms with Gasteiger partial charge in [-0.15, -0.1) is 11.3 Å². The molecule has 354 valence electrons. The van der Waals surface area contributed by atoms with E-state index in [0.717, 1.165) is 45.7 Å². The van der Waals surface area contributed by atoms with Crippen LogP contribution in [0.15, 0.2) is 65.2 Å². The van der Waals surface area contributed by atoms with Gasteiger partial charge < -0.3 is 40.3 Å². The Morgan fingerprint density at radius 3 is 2.41 bits per heavy atom. The number of carbonyl (C=O) groups excluding carboxylic acids is 4. The predicted molar refractivity (Wildman–Crippen MR) is 255 cm³/mol. The number of β-amino-alcohol motifs (C(OH)–C–C–N with tert-alkyl or cyclic N) is 1. The van der Waals surface area contributed by atoms with Crippen molar-refractivity contribution >= 4 is 52.8 Å². The summed E-state index contributed by atoms with van der Waals surface area (Å²) in [4.78, 5) is 71.2. The Morgan fingerprint density at radius 1 is 0.970 bits per heavy atom. The lowest BCUT2D eigenvalue weighted by Gasteiger charge is -2.35. The van der Waals surface area contributed by atoms with Crippen molar-refractivity contribution in [3.05, 3.63) is 82.5 Å². The molecular weight excluding hydrogens is 861 g/mol. The molecule has 0 bridgehead atoms. The van der Waals surface area contributed by atoms with Crippen molar-refractivity contribution in [3.8, 4) is 16.5 Å². The van der Waals surface area contributed by atoms with E-state index in [9.17, 15) is 24.3 Å². The van der Waals surface area contributed by atoms with Crippen LogP contribution in [0.25, 0.3) is 10.4 Å². The third-order valence-corrected chi connectivity index (χ3v) is 12.4. The van der Waals surface area contributed by atoms with Crippen molar-refractivity contribution in [1.29, 1.82) is 0 Å². The number of hydrogen-bond acceptors (Lipinski definition) is 14. The molecule has 2 aromatic heterocycles. The van der Waals surface area contributed by atoms with Crippen molar-refractivity contribution in [1.82, 2.24) is 35.8 Å². The van der Waals surface area contributed by atoms with Gasteiger partial charge in [0.05, 0.1) is 48.2 Å². The number of nitrogens with zero attached hydrogens (tertiary/aromatic N) is 6. The molecule has 18 heteroatoms. The minimum atomic E-state index is -0.900. The molecular formula is C48H64N10O7S. The summed E-state index contributed by atoms with van der Waals surface area (Å²) in [7, 11) is 0. The third kappa shape index (κ3) is 14.8. The lowest BCUT2D eigenvalue weighted by Crippen LogP contribution is -2.57. The number of benzene rings is 2. The zero-order chi connectivity index (χ0) is 47.1. The molecule has 0 saturated carbocycles. The van der Waals surface area contributed by atoms with Gasteiger partial charge in [-0.25, -0.2) is 4.98 Å². The van der Waals surface area contributed by atoms with E-state index in [1.165, 1.54) is 4.90 Å². The largest absolute Gasteiger partial charge is 0.461 e. The Labute approximate surface area is 391 Å². The molecule has 0 unspecified atom stereocenters. The van der Waals surface area contributed by atoms with Crippen LogP contribution in [0.2, 0.25) is 0 Å². The Kier molecular flexibility index (Phi) is 18.0. The number of aliphatic hydroxyl groups excluding tert-OH is 1. The highest BCUT2D eigenvalue weighted by atomic mass is 32.1. The Balaban J connectivity index is 0.886. The normalized spacial score (nSPS) is 16.8. The molecule has 4 heterocycles. The standard InChI is InChI=1S/C48H64N10O7S/c1-32-11-10-12-35(25-32)29-52-56-39-27-40(57-20-23-64-24-21-57)54-47(53-39)65-22-19-49-41(60)13-8-6-7-9-14-42(61)55-44(48(3,4)5)46(63)58-30-37(59)26-38(58)45(62)50-28-34-15-17-36(18-16-34)43-33(2)51-31-66-43/h10-12,15-18,25,27,29,31,37-38,44,59H,6-9,13-14,19-24,26,28,30H2,1-5H3,(H,49,60)(H,50,62)(H,55,61)(H,53,54,56)/b52-29+/t37-,38+,44-/m1/s1. The van der Waals surface area contributed by atoms with Crippen molar-refractivity contribution in [2.45, 2.75) is 104 Å².